The van der Waals surface area contributed by atoms with Gasteiger partial charge in [0.2, 0.25) is 0 Å². The first-order chi connectivity index (χ1) is 17.6. The number of ether oxygens (including phenoxy) is 2. The third kappa shape index (κ3) is 4.84. The van der Waals surface area contributed by atoms with E-state index in [9.17, 15) is 18.8 Å². The largest absolute Gasteiger partial charge is 0.463 e. The molecule has 1 aromatic heterocycles. The number of aromatic nitrogens is 1. The van der Waals surface area contributed by atoms with Gasteiger partial charge in [-0.15, -0.1) is 11.3 Å². The van der Waals surface area contributed by atoms with Crippen molar-refractivity contribution < 1.29 is 27.8 Å². The molecular weight excluding hydrogens is 502 g/mol. The Labute approximate surface area is 214 Å². The number of nitrogens with zero attached hydrogens (tertiary/aromatic N) is 1. The minimum Gasteiger partial charge on any atom is -0.463 e. The van der Waals surface area contributed by atoms with Gasteiger partial charge in [-0.25, -0.2) is 18.4 Å². The Morgan fingerprint density at radius 2 is 1.70 bits per heavy atom. The molecule has 192 valence electrons. The van der Waals surface area contributed by atoms with Crippen LogP contribution in [0.2, 0.25) is 0 Å². The predicted molar refractivity (Wildman–Crippen MR) is 136 cm³/mol. The van der Waals surface area contributed by atoms with E-state index in [1.54, 1.807) is 32.9 Å². The van der Waals surface area contributed by atoms with Crippen molar-refractivity contribution in [1.29, 1.82) is 0 Å². The molecule has 37 heavy (non-hydrogen) atoms. The van der Waals surface area contributed by atoms with Crippen molar-refractivity contribution in [3.63, 3.8) is 0 Å². The van der Waals surface area contributed by atoms with Crippen molar-refractivity contribution in [2.75, 3.05) is 6.61 Å². The van der Waals surface area contributed by atoms with E-state index in [1.807, 2.05) is 0 Å². The van der Waals surface area contributed by atoms with Gasteiger partial charge in [-0.3, -0.25) is 9.36 Å². The van der Waals surface area contributed by atoms with Crippen LogP contribution in [0.25, 0.3) is 17.5 Å². The van der Waals surface area contributed by atoms with Crippen LogP contribution in [-0.4, -0.2) is 29.2 Å². The van der Waals surface area contributed by atoms with E-state index in [4.69, 9.17) is 15.2 Å². The number of hydrogen-bond acceptors (Lipinski definition) is 7. The fraction of sp³-hybridized carbons (Fsp3) is 0.222. The summed E-state index contributed by atoms with van der Waals surface area (Å²) in [7, 11) is 0. The summed E-state index contributed by atoms with van der Waals surface area (Å²) < 4.78 is 41.2. The van der Waals surface area contributed by atoms with Gasteiger partial charge in [0.15, 0.2) is 0 Å². The summed E-state index contributed by atoms with van der Waals surface area (Å²) in [6.07, 6.45) is 0.772. The third-order valence-electron chi connectivity index (χ3n) is 5.61. The zero-order chi connectivity index (χ0) is 26.9. The predicted octanol–water partition coefficient (Wildman–Crippen LogP) is 2.61. The Morgan fingerprint density at radius 1 is 1.05 bits per heavy atom. The standard InChI is InChI=1S/C27H24F2N2O5S/c1-4-35-26(33)21-20(16-10-6-8-12-18(16)29)22(27(34)36-14(2)3)25-31(23(21)30)24(32)19(37-25)13-15-9-5-7-11-17(15)28/h5-14,20H,4,30H2,1-3H3/b19-13-/t20-/m0/s1. The summed E-state index contributed by atoms with van der Waals surface area (Å²) in [6, 6.07) is 11.5. The Kier molecular flexibility index (Phi) is 7.40. The number of nitrogens with two attached hydrogens (primary N) is 1. The quantitative estimate of drug-likeness (QED) is 0.496. The first-order valence-corrected chi connectivity index (χ1v) is 12.3. The van der Waals surface area contributed by atoms with Crippen molar-refractivity contribution in [1.82, 2.24) is 4.57 Å². The average Bonchev–Trinajstić information content (AvgIpc) is 3.16. The van der Waals surface area contributed by atoms with Gasteiger partial charge in [-0.1, -0.05) is 36.4 Å². The molecule has 0 spiro atoms. The Balaban J connectivity index is 2.15. The topological polar surface area (TPSA) is 101 Å². The second-order valence-corrected chi connectivity index (χ2v) is 9.45. The first-order valence-electron chi connectivity index (χ1n) is 11.5. The van der Waals surface area contributed by atoms with E-state index in [-0.39, 0.29) is 43.9 Å². The van der Waals surface area contributed by atoms with Gasteiger partial charge in [-0.05, 0) is 39.0 Å². The molecule has 0 aliphatic carbocycles. The van der Waals surface area contributed by atoms with Crippen LogP contribution in [0.5, 0.6) is 0 Å². The zero-order valence-electron chi connectivity index (χ0n) is 20.3. The van der Waals surface area contributed by atoms with Gasteiger partial charge in [0.05, 0.1) is 34.3 Å². The van der Waals surface area contributed by atoms with Crippen LogP contribution in [0.4, 0.5) is 8.78 Å². The van der Waals surface area contributed by atoms with E-state index in [0.717, 1.165) is 15.9 Å². The first kappa shape index (κ1) is 26.0. The van der Waals surface area contributed by atoms with Crippen molar-refractivity contribution >= 4 is 40.7 Å². The molecular formula is C27H24F2N2O5S. The summed E-state index contributed by atoms with van der Waals surface area (Å²) in [4.78, 5) is 40.1. The number of carbonyl (C=O) groups is 2. The molecule has 4 rings (SSSR count). The van der Waals surface area contributed by atoms with Crippen LogP contribution >= 0.6 is 11.3 Å². The highest BCUT2D eigenvalue weighted by atomic mass is 32.1. The Hall–Kier alpha value is -4.05. The molecule has 0 saturated carbocycles. The average molecular weight is 527 g/mol. The van der Waals surface area contributed by atoms with Crippen molar-refractivity contribution in [2.45, 2.75) is 32.8 Å². The van der Waals surface area contributed by atoms with Crippen LogP contribution in [0, 0.1) is 11.6 Å². The smallest absolute Gasteiger partial charge is 0.338 e. The summed E-state index contributed by atoms with van der Waals surface area (Å²) in [5, 5.41) is 0. The molecule has 1 atom stereocenters. The Bertz CT molecular complexity index is 1600. The third-order valence-corrected chi connectivity index (χ3v) is 6.72. The van der Waals surface area contributed by atoms with Crippen LogP contribution < -0.4 is 20.5 Å². The van der Waals surface area contributed by atoms with Gasteiger partial charge in [0.1, 0.15) is 22.1 Å². The van der Waals surface area contributed by atoms with Gasteiger partial charge in [0.25, 0.3) is 5.56 Å². The number of fused-ring (bicyclic) bond motifs is 1. The molecule has 1 aliphatic rings. The minimum atomic E-state index is -1.31. The van der Waals surface area contributed by atoms with E-state index < -0.39 is 41.2 Å². The summed E-state index contributed by atoms with van der Waals surface area (Å²) in [6.45, 7) is 4.82. The molecule has 1 aliphatic heterocycles. The lowest BCUT2D eigenvalue weighted by Crippen LogP contribution is -2.42. The highest BCUT2D eigenvalue weighted by molar-refractivity contribution is 7.07. The Morgan fingerprint density at radius 3 is 2.32 bits per heavy atom. The van der Waals surface area contributed by atoms with Gasteiger partial charge in [0, 0.05) is 11.1 Å². The number of rotatable bonds is 6. The van der Waals surface area contributed by atoms with E-state index in [0.29, 0.717) is 0 Å². The number of halogens is 2. The maximum Gasteiger partial charge on any atom is 0.338 e. The maximum atomic E-state index is 15.1. The van der Waals surface area contributed by atoms with Gasteiger partial charge < -0.3 is 15.2 Å². The number of benzene rings is 2. The highest BCUT2D eigenvalue weighted by Crippen LogP contribution is 2.39. The van der Waals surface area contributed by atoms with Crippen LogP contribution in [0.3, 0.4) is 0 Å². The molecule has 10 heteroatoms. The van der Waals surface area contributed by atoms with E-state index >= 15 is 4.39 Å². The molecule has 2 aromatic carbocycles. The molecule has 0 unspecified atom stereocenters. The summed E-state index contributed by atoms with van der Waals surface area (Å²) in [5.41, 5.74) is 5.40. The molecule has 0 fully saturated rings. The summed E-state index contributed by atoms with van der Waals surface area (Å²) >= 11 is 0.866. The van der Waals surface area contributed by atoms with Crippen molar-refractivity contribution in [3.05, 3.63) is 96.4 Å². The molecule has 0 saturated heterocycles. The molecule has 0 radical (unpaired) electrons. The molecule has 0 bridgehead atoms. The van der Waals surface area contributed by atoms with Crippen molar-refractivity contribution in [2.24, 2.45) is 5.73 Å². The summed E-state index contributed by atoms with van der Waals surface area (Å²) in [5.74, 6) is -4.64. The SMILES string of the molecule is CCOC(=O)C1=C(N)n2c(s/c(=C\c3ccccc3F)c2=O)=C(C(=O)OC(C)C)[C@H]1c1ccccc1F. The lowest BCUT2D eigenvalue weighted by Gasteiger charge is -2.27. The number of esters is 2. The van der Waals surface area contributed by atoms with Crippen molar-refractivity contribution in [3.8, 4) is 0 Å². The lowest BCUT2D eigenvalue weighted by atomic mass is 9.83. The molecule has 2 N–H and O–H groups in total. The highest BCUT2D eigenvalue weighted by Gasteiger charge is 2.41. The van der Waals surface area contributed by atoms with Crippen LogP contribution in [0.1, 0.15) is 37.8 Å². The van der Waals surface area contributed by atoms with Gasteiger partial charge >= 0.3 is 11.9 Å². The fourth-order valence-corrected chi connectivity index (χ4v) is 5.24. The van der Waals surface area contributed by atoms with Crippen LogP contribution in [-0.2, 0) is 19.1 Å². The minimum absolute atomic E-state index is 0.0176. The maximum absolute atomic E-state index is 15.1. The molecule has 2 heterocycles. The second kappa shape index (κ2) is 10.5. The molecule has 7 nitrogen and oxygen atoms in total. The number of hydrogen-bond donors (Lipinski definition) is 1. The molecule has 3 aromatic rings. The number of carbonyl (C=O) groups excluding carboxylic acids is 2. The fourth-order valence-electron chi connectivity index (χ4n) is 4.09. The second-order valence-electron chi connectivity index (χ2n) is 8.42. The number of thiazole rings is 1. The zero-order valence-corrected chi connectivity index (χ0v) is 21.1. The van der Waals surface area contributed by atoms with E-state index in [2.05, 4.69) is 0 Å². The monoisotopic (exact) mass is 526 g/mol. The van der Waals surface area contributed by atoms with E-state index in [1.165, 1.54) is 42.5 Å². The van der Waals surface area contributed by atoms with Crippen LogP contribution in [0.15, 0.2) is 58.9 Å². The molecule has 0 amide bonds. The lowest BCUT2D eigenvalue weighted by molar-refractivity contribution is -0.140. The normalized spacial score (nSPS) is 15.7. The van der Waals surface area contributed by atoms with Gasteiger partial charge in [-0.2, -0.15) is 0 Å².